The van der Waals surface area contributed by atoms with Crippen molar-refractivity contribution in [1.82, 2.24) is 19.5 Å². The molecule has 1 N–H and O–H groups in total. The topological polar surface area (TPSA) is 88.6 Å². The SMILES string of the molecule is Cc1cc(C#N)nc(NC[C@@H]2CCCO[C@H]2c2nccn2C)n1. The van der Waals surface area contributed by atoms with Crippen molar-refractivity contribution < 1.29 is 4.74 Å². The van der Waals surface area contributed by atoms with Crippen LogP contribution in [0.4, 0.5) is 5.95 Å². The summed E-state index contributed by atoms with van der Waals surface area (Å²) in [6.45, 7) is 3.30. The summed E-state index contributed by atoms with van der Waals surface area (Å²) in [6.07, 6.45) is 5.78. The average Bonchev–Trinajstić information content (AvgIpc) is 2.98. The number of nitrogens with one attached hydrogen (secondary N) is 1. The minimum atomic E-state index is -0.0310. The molecular weight excluding hydrogens is 292 g/mol. The molecule has 0 bridgehead atoms. The Hall–Kier alpha value is -2.46. The number of nitriles is 1. The van der Waals surface area contributed by atoms with Crippen molar-refractivity contribution in [2.75, 3.05) is 18.5 Å². The van der Waals surface area contributed by atoms with Gasteiger partial charge in [0.2, 0.25) is 5.95 Å². The second kappa shape index (κ2) is 6.75. The van der Waals surface area contributed by atoms with Gasteiger partial charge in [-0.05, 0) is 25.8 Å². The highest BCUT2D eigenvalue weighted by molar-refractivity contribution is 5.33. The first-order valence-corrected chi connectivity index (χ1v) is 7.76. The predicted molar refractivity (Wildman–Crippen MR) is 84.6 cm³/mol. The lowest BCUT2D eigenvalue weighted by Crippen LogP contribution is -2.30. The molecule has 0 aromatic carbocycles. The predicted octanol–water partition coefficient (Wildman–Crippen LogP) is 1.97. The minimum Gasteiger partial charge on any atom is -0.370 e. The standard InChI is InChI=1S/C16H20N6O/c1-11-8-13(9-17)21-16(20-11)19-10-12-4-3-7-23-14(12)15-18-5-6-22(15)2/h5-6,8,12,14H,3-4,7,10H2,1-2H3,(H,19,20,21)/t12-,14+/m0/s1. The smallest absolute Gasteiger partial charge is 0.224 e. The molecule has 0 amide bonds. The molecule has 1 aliphatic heterocycles. The summed E-state index contributed by atoms with van der Waals surface area (Å²) in [5.74, 6) is 1.73. The van der Waals surface area contributed by atoms with Crippen LogP contribution in [-0.2, 0) is 11.8 Å². The Balaban J connectivity index is 1.72. The molecule has 7 heteroatoms. The summed E-state index contributed by atoms with van der Waals surface area (Å²) in [7, 11) is 1.98. The van der Waals surface area contributed by atoms with E-state index in [1.165, 1.54) is 0 Å². The number of nitrogens with zero attached hydrogens (tertiary/aromatic N) is 5. The maximum Gasteiger partial charge on any atom is 0.224 e. The highest BCUT2D eigenvalue weighted by atomic mass is 16.5. The maximum atomic E-state index is 9.00. The van der Waals surface area contributed by atoms with Gasteiger partial charge in [-0.25, -0.2) is 15.0 Å². The number of imidazole rings is 1. The molecule has 3 heterocycles. The van der Waals surface area contributed by atoms with E-state index in [2.05, 4.69) is 26.3 Å². The van der Waals surface area contributed by atoms with E-state index < -0.39 is 0 Å². The number of aromatic nitrogens is 4. The van der Waals surface area contributed by atoms with Gasteiger partial charge in [-0.3, -0.25) is 0 Å². The monoisotopic (exact) mass is 312 g/mol. The fourth-order valence-corrected chi connectivity index (χ4v) is 2.92. The molecule has 120 valence electrons. The van der Waals surface area contributed by atoms with Crippen molar-refractivity contribution in [3.05, 3.63) is 35.7 Å². The summed E-state index contributed by atoms with van der Waals surface area (Å²) >= 11 is 0. The first kappa shape index (κ1) is 15.4. The molecule has 0 spiro atoms. The van der Waals surface area contributed by atoms with Crippen LogP contribution in [0.3, 0.4) is 0 Å². The molecule has 1 saturated heterocycles. The largest absolute Gasteiger partial charge is 0.370 e. The Kier molecular flexibility index (Phi) is 4.53. The van der Waals surface area contributed by atoms with Crippen molar-refractivity contribution in [1.29, 1.82) is 5.26 Å². The second-order valence-corrected chi connectivity index (χ2v) is 5.80. The van der Waals surface area contributed by atoms with E-state index in [0.717, 1.165) is 31.0 Å². The van der Waals surface area contributed by atoms with Gasteiger partial charge in [-0.1, -0.05) is 0 Å². The van der Waals surface area contributed by atoms with E-state index in [-0.39, 0.29) is 6.10 Å². The summed E-state index contributed by atoms with van der Waals surface area (Å²) < 4.78 is 7.96. The van der Waals surface area contributed by atoms with Gasteiger partial charge in [0.1, 0.15) is 23.7 Å². The van der Waals surface area contributed by atoms with Gasteiger partial charge in [0.05, 0.1) is 0 Å². The van der Waals surface area contributed by atoms with Gasteiger partial charge in [0.25, 0.3) is 0 Å². The Morgan fingerprint density at radius 2 is 2.35 bits per heavy atom. The van der Waals surface area contributed by atoms with Crippen molar-refractivity contribution >= 4 is 5.95 Å². The molecule has 0 radical (unpaired) electrons. The molecule has 1 fully saturated rings. The van der Waals surface area contributed by atoms with Gasteiger partial charge in [0, 0.05) is 44.2 Å². The lowest BCUT2D eigenvalue weighted by Gasteiger charge is -2.31. The van der Waals surface area contributed by atoms with Crippen molar-refractivity contribution in [2.45, 2.75) is 25.9 Å². The first-order chi connectivity index (χ1) is 11.2. The molecule has 2 aromatic heterocycles. The van der Waals surface area contributed by atoms with Crippen LogP contribution in [0.15, 0.2) is 18.5 Å². The number of rotatable bonds is 4. The van der Waals surface area contributed by atoms with E-state index in [1.807, 2.05) is 24.7 Å². The fraction of sp³-hybridized carbons (Fsp3) is 0.500. The summed E-state index contributed by atoms with van der Waals surface area (Å²) in [5.41, 5.74) is 1.15. The Bertz CT molecular complexity index is 720. The molecule has 1 aliphatic rings. The number of hydrogen-bond donors (Lipinski definition) is 1. The molecule has 23 heavy (non-hydrogen) atoms. The van der Waals surface area contributed by atoms with Crippen LogP contribution in [0.1, 0.15) is 36.2 Å². The summed E-state index contributed by atoms with van der Waals surface area (Å²) in [5, 5.41) is 12.3. The van der Waals surface area contributed by atoms with Crippen LogP contribution in [0.25, 0.3) is 0 Å². The van der Waals surface area contributed by atoms with Gasteiger partial charge in [0.15, 0.2) is 0 Å². The van der Waals surface area contributed by atoms with Crippen LogP contribution < -0.4 is 5.32 Å². The Morgan fingerprint density at radius 3 is 3.09 bits per heavy atom. The van der Waals surface area contributed by atoms with Crippen molar-refractivity contribution in [3.63, 3.8) is 0 Å². The lowest BCUT2D eigenvalue weighted by atomic mass is 9.93. The quantitative estimate of drug-likeness (QED) is 0.928. The maximum absolute atomic E-state index is 9.00. The third-order valence-electron chi connectivity index (χ3n) is 4.05. The number of hydrogen-bond acceptors (Lipinski definition) is 6. The highest BCUT2D eigenvalue weighted by Crippen LogP contribution is 2.32. The molecule has 0 saturated carbocycles. The van der Waals surface area contributed by atoms with Crippen LogP contribution in [0, 0.1) is 24.2 Å². The van der Waals surface area contributed by atoms with Crippen LogP contribution in [0.2, 0.25) is 0 Å². The number of aryl methyl sites for hydroxylation is 2. The zero-order valence-electron chi connectivity index (χ0n) is 13.4. The minimum absolute atomic E-state index is 0.0310. The molecule has 2 atom stereocenters. The zero-order chi connectivity index (χ0) is 16.2. The van der Waals surface area contributed by atoms with E-state index in [9.17, 15) is 0 Å². The molecule has 0 aliphatic carbocycles. The summed E-state index contributed by atoms with van der Waals surface area (Å²) in [6, 6.07) is 3.73. The third-order valence-corrected chi connectivity index (χ3v) is 4.05. The molecule has 3 rings (SSSR count). The van der Waals surface area contributed by atoms with Gasteiger partial charge >= 0.3 is 0 Å². The van der Waals surface area contributed by atoms with E-state index in [1.54, 1.807) is 12.3 Å². The van der Waals surface area contributed by atoms with Gasteiger partial charge < -0.3 is 14.6 Å². The molecular formula is C16H20N6O. The first-order valence-electron chi connectivity index (χ1n) is 7.76. The molecule has 0 unspecified atom stereocenters. The van der Waals surface area contributed by atoms with E-state index in [4.69, 9.17) is 10.00 Å². The average molecular weight is 312 g/mol. The molecule has 2 aromatic rings. The normalized spacial score (nSPS) is 20.9. The van der Waals surface area contributed by atoms with Crippen molar-refractivity contribution in [2.24, 2.45) is 13.0 Å². The Labute approximate surface area is 135 Å². The number of ether oxygens (including phenoxy) is 1. The van der Waals surface area contributed by atoms with E-state index >= 15 is 0 Å². The zero-order valence-corrected chi connectivity index (χ0v) is 13.4. The van der Waals surface area contributed by atoms with Crippen LogP contribution in [-0.4, -0.2) is 32.7 Å². The van der Waals surface area contributed by atoms with Crippen LogP contribution in [0.5, 0.6) is 0 Å². The van der Waals surface area contributed by atoms with E-state index in [0.29, 0.717) is 24.1 Å². The lowest BCUT2D eigenvalue weighted by molar-refractivity contribution is -0.0305. The highest BCUT2D eigenvalue weighted by Gasteiger charge is 2.30. The van der Waals surface area contributed by atoms with Gasteiger partial charge in [-0.2, -0.15) is 5.26 Å². The van der Waals surface area contributed by atoms with Gasteiger partial charge in [-0.15, -0.1) is 0 Å². The number of anilines is 1. The third kappa shape index (κ3) is 3.48. The van der Waals surface area contributed by atoms with Crippen molar-refractivity contribution in [3.8, 4) is 6.07 Å². The molecule has 7 nitrogen and oxygen atoms in total. The van der Waals surface area contributed by atoms with Crippen LogP contribution >= 0.6 is 0 Å². The fourth-order valence-electron chi connectivity index (χ4n) is 2.92. The second-order valence-electron chi connectivity index (χ2n) is 5.80. The summed E-state index contributed by atoms with van der Waals surface area (Å²) in [4.78, 5) is 13.0. The Morgan fingerprint density at radius 1 is 1.48 bits per heavy atom.